The average molecular weight is 574 g/mol. The van der Waals surface area contributed by atoms with Gasteiger partial charge in [0, 0.05) is 24.7 Å². The molecule has 1 amide bonds. The molecule has 1 saturated heterocycles. The highest BCUT2D eigenvalue weighted by Gasteiger charge is 2.32. The molecule has 0 bridgehead atoms. The average Bonchev–Trinajstić information content (AvgIpc) is 2.93. The number of hydrogen-bond acceptors (Lipinski definition) is 7. The number of ether oxygens (including phenoxy) is 2. The summed E-state index contributed by atoms with van der Waals surface area (Å²) in [5.41, 5.74) is 1.52. The van der Waals surface area contributed by atoms with Crippen molar-refractivity contribution in [3.05, 3.63) is 72.3 Å². The van der Waals surface area contributed by atoms with E-state index in [1.54, 1.807) is 48.5 Å². The predicted octanol–water partition coefficient (Wildman–Crippen LogP) is 3.85. The highest BCUT2D eigenvalue weighted by atomic mass is 32.2. The quantitative estimate of drug-likeness (QED) is 0.398. The summed E-state index contributed by atoms with van der Waals surface area (Å²) in [5, 5.41) is 2.77. The molecular weight excluding hydrogens is 542 g/mol. The summed E-state index contributed by atoms with van der Waals surface area (Å²) >= 11 is 0. The second-order valence-corrected chi connectivity index (χ2v) is 12.8. The van der Waals surface area contributed by atoms with E-state index in [2.05, 4.69) is 10.0 Å². The number of methoxy groups -OCH3 is 2. The van der Waals surface area contributed by atoms with Crippen molar-refractivity contribution in [3.63, 3.8) is 0 Å². The lowest BCUT2D eigenvalue weighted by molar-refractivity contribution is -0.120. The van der Waals surface area contributed by atoms with Gasteiger partial charge in [-0.25, -0.2) is 16.8 Å². The monoisotopic (exact) mass is 573 g/mol. The molecule has 1 aliphatic rings. The third-order valence-electron chi connectivity index (χ3n) is 6.56. The van der Waals surface area contributed by atoms with Crippen LogP contribution in [-0.4, -0.2) is 54.4 Å². The van der Waals surface area contributed by atoms with Crippen LogP contribution in [0.15, 0.2) is 76.5 Å². The zero-order valence-electron chi connectivity index (χ0n) is 21.9. The van der Waals surface area contributed by atoms with Crippen LogP contribution >= 0.6 is 0 Å². The summed E-state index contributed by atoms with van der Waals surface area (Å²) in [6.45, 7) is 2.29. The molecule has 10 nitrogen and oxygen atoms in total. The Morgan fingerprint density at radius 3 is 2.05 bits per heavy atom. The molecule has 3 aromatic carbocycles. The van der Waals surface area contributed by atoms with Crippen LogP contribution in [-0.2, 0) is 24.8 Å². The van der Waals surface area contributed by atoms with Crippen molar-refractivity contribution in [3.8, 4) is 11.5 Å². The summed E-state index contributed by atoms with van der Waals surface area (Å²) < 4.78 is 66.3. The second-order valence-electron chi connectivity index (χ2n) is 9.18. The summed E-state index contributed by atoms with van der Waals surface area (Å²) in [4.78, 5) is 13.3. The Hall–Kier alpha value is -3.61. The minimum Gasteiger partial charge on any atom is -0.497 e. The van der Waals surface area contributed by atoms with Crippen molar-refractivity contribution in [1.29, 1.82) is 0 Å². The van der Waals surface area contributed by atoms with Crippen LogP contribution in [0.25, 0.3) is 0 Å². The molecule has 0 saturated carbocycles. The van der Waals surface area contributed by atoms with E-state index < -0.39 is 26.0 Å². The first-order chi connectivity index (χ1) is 18.5. The lowest BCUT2D eigenvalue weighted by Gasteiger charge is -2.30. The van der Waals surface area contributed by atoms with Crippen LogP contribution in [0.3, 0.4) is 0 Å². The maximum absolute atomic E-state index is 13.1. The Kier molecular flexibility index (Phi) is 8.48. The first kappa shape index (κ1) is 28.4. The van der Waals surface area contributed by atoms with E-state index >= 15 is 0 Å². The molecule has 2 N–H and O–H groups in total. The maximum Gasteiger partial charge on any atom is 0.261 e. The number of rotatable bonds is 9. The minimum absolute atomic E-state index is 0.0616. The van der Waals surface area contributed by atoms with Gasteiger partial charge in [0.2, 0.25) is 15.9 Å². The van der Waals surface area contributed by atoms with Gasteiger partial charge in [0.25, 0.3) is 10.0 Å². The van der Waals surface area contributed by atoms with Crippen LogP contribution in [0.1, 0.15) is 18.4 Å². The molecule has 0 radical (unpaired) electrons. The van der Waals surface area contributed by atoms with Crippen LogP contribution in [0.5, 0.6) is 11.5 Å². The standard InChI is InChI=1S/C27H31N3O7S2/c1-19-4-10-23(11-5-19)39(34,35)30-16-14-20(15-17-30)27(31)28-25-18-24(12-13-26(25)37-3)38(32,33)29-21-6-8-22(36-2)9-7-21/h4-13,18,20,29H,14-17H2,1-3H3,(H,28,31). The third kappa shape index (κ3) is 6.52. The molecule has 0 aromatic heterocycles. The number of benzene rings is 3. The Bertz CT molecular complexity index is 1530. The van der Waals surface area contributed by atoms with Gasteiger partial charge in [-0.15, -0.1) is 0 Å². The van der Waals surface area contributed by atoms with E-state index in [4.69, 9.17) is 9.47 Å². The number of hydrogen-bond donors (Lipinski definition) is 2. The highest BCUT2D eigenvalue weighted by molar-refractivity contribution is 7.92. The normalized spacial score (nSPS) is 14.9. The zero-order chi connectivity index (χ0) is 28.2. The largest absolute Gasteiger partial charge is 0.497 e. The fraction of sp³-hybridized carbons (Fsp3) is 0.296. The Labute approximate surface area is 229 Å². The molecule has 0 unspecified atom stereocenters. The number of nitrogens with zero attached hydrogens (tertiary/aromatic N) is 1. The lowest BCUT2D eigenvalue weighted by atomic mass is 9.97. The number of carbonyl (C=O) groups is 1. The van der Waals surface area contributed by atoms with Crippen molar-refractivity contribution in [2.45, 2.75) is 29.6 Å². The van der Waals surface area contributed by atoms with Crippen LogP contribution in [0, 0.1) is 12.8 Å². The third-order valence-corrected chi connectivity index (χ3v) is 9.86. The number of sulfonamides is 2. The minimum atomic E-state index is -3.96. The van der Waals surface area contributed by atoms with E-state index in [0.29, 0.717) is 30.0 Å². The Balaban J connectivity index is 1.44. The van der Waals surface area contributed by atoms with E-state index in [1.807, 2.05) is 6.92 Å². The first-order valence-electron chi connectivity index (χ1n) is 12.3. The molecule has 3 aromatic rings. The van der Waals surface area contributed by atoms with E-state index in [9.17, 15) is 21.6 Å². The summed E-state index contributed by atoms with van der Waals surface area (Å²) in [5.74, 6) is 0.104. The van der Waals surface area contributed by atoms with Gasteiger partial charge in [0.1, 0.15) is 11.5 Å². The van der Waals surface area contributed by atoms with Crippen molar-refractivity contribution in [2.75, 3.05) is 37.3 Å². The smallest absolute Gasteiger partial charge is 0.261 e. The lowest BCUT2D eigenvalue weighted by Crippen LogP contribution is -2.41. The molecule has 39 heavy (non-hydrogen) atoms. The number of amides is 1. The van der Waals surface area contributed by atoms with Gasteiger partial charge in [0.15, 0.2) is 0 Å². The predicted molar refractivity (Wildman–Crippen MR) is 148 cm³/mol. The van der Waals surface area contributed by atoms with Crippen LogP contribution < -0.4 is 19.5 Å². The highest BCUT2D eigenvalue weighted by Crippen LogP contribution is 2.31. The molecular formula is C27H31N3O7S2. The van der Waals surface area contributed by atoms with E-state index in [0.717, 1.165) is 5.56 Å². The maximum atomic E-state index is 13.1. The van der Waals surface area contributed by atoms with Gasteiger partial charge in [-0.05, 0) is 74.4 Å². The fourth-order valence-electron chi connectivity index (χ4n) is 4.28. The molecule has 4 rings (SSSR count). The van der Waals surface area contributed by atoms with Crippen molar-refractivity contribution >= 4 is 37.3 Å². The van der Waals surface area contributed by atoms with Crippen molar-refractivity contribution < 1.29 is 31.1 Å². The zero-order valence-corrected chi connectivity index (χ0v) is 23.5. The number of carbonyl (C=O) groups excluding carboxylic acids is 1. The molecule has 12 heteroatoms. The SMILES string of the molecule is COc1ccc(NS(=O)(=O)c2ccc(OC)c(NC(=O)C3CCN(S(=O)(=O)c4ccc(C)cc4)CC3)c2)cc1. The van der Waals surface area contributed by atoms with Gasteiger partial charge in [0.05, 0.1) is 29.7 Å². The number of nitrogens with one attached hydrogen (secondary N) is 2. The van der Waals surface area contributed by atoms with Gasteiger partial charge in [-0.2, -0.15) is 4.31 Å². The van der Waals surface area contributed by atoms with Gasteiger partial charge >= 0.3 is 0 Å². The van der Waals surface area contributed by atoms with Gasteiger partial charge in [-0.3, -0.25) is 9.52 Å². The van der Waals surface area contributed by atoms with Crippen molar-refractivity contribution in [2.24, 2.45) is 5.92 Å². The van der Waals surface area contributed by atoms with Crippen molar-refractivity contribution in [1.82, 2.24) is 4.31 Å². The van der Waals surface area contributed by atoms with Gasteiger partial charge in [-0.1, -0.05) is 17.7 Å². The molecule has 0 aliphatic carbocycles. The Morgan fingerprint density at radius 1 is 0.846 bits per heavy atom. The summed E-state index contributed by atoms with van der Waals surface area (Å²) in [6.07, 6.45) is 0.659. The summed E-state index contributed by atoms with van der Waals surface area (Å²) in [7, 11) is -4.68. The topological polar surface area (TPSA) is 131 Å². The number of aryl methyl sites for hydroxylation is 1. The number of piperidine rings is 1. The second kappa shape index (κ2) is 11.6. The van der Waals surface area contributed by atoms with Crippen LogP contribution in [0.4, 0.5) is 11.4 Å². The first-order valence-corrected chi connectivity index (χ1v) is 15.2. The Morgan fingerprint density at radius 2 is 1.46 bits per heavy atom. The molecule has 1 fully saturated rings. The van der Waals surface area contributed by atoms with Gasteiger partial charge < -0.3 is 14.8 Å². The molecule has 1 heterocycles. The van der Waals surface area contributed by atoms with E-state index in [1.165, 1.54) is 36.7 Å². The van der Waals surface area contributed by atoms with Crippen LogP contribution in [0.2, 0.25) is 0 Å². The fourth-order valence-corrected chi connectivity index (χ4v) is 6.83. The number of anilines is 2. The molecule has 1 aliphatic heterocycles. The summed E-state index contributed by atoms with van der Waals surface area (Å²) in [6, 6.07) is 17.3. The molecule has 0 atom stereocenters. The molecule has 208 valence electrons. The van der Waals surface area contributed by atoms with E-state index in [-0.39, 0.29) is 34.5 Å². The molecule has 0 spiro atoms.